The molecule has 102 valence electrons. The molecule has 2 rings (SSSR count). The largest absolute Gasteiger partial charge is 0.478 e. The van der Waals surface area contributed by atoms with E-state index in [9.17, 15) is 14.9 Å². The number of nitrogens with zero attached hydrogens (tertiary/aromatic N) is 1. The summed E-state index contributed by atoms with van der Waals surface area (Å²) >= 11 is 3.15. The molecular formula is C13H8BrNO5. The number of benzene rings is 2. The average molecular weight is 338 g/mol. The Morgan fingerprint density at radius 1 is 1.20 bits per heavy atom. The van der Waals surface area contributed by atoms with Gasteiger partial charge >= 0.3 is 5.97 Å². The van der Waals surface area contributed by atoms with E-state index in [1.807, 2.05) is 0 Å². The van der Waals surface area contributed by atoms with Crippen molar-refractivity contribution in [2.75, 3.05) is 0 Å². The lowest BCUT2D eigenvalue weighted by Gasteiger charge is -2.07. The second kappa shape index (κ2) is 5.70. The van der Waals surface area contributed by atoms with Crippen LogP contribution in [0.5, 0.6) is 11.5 Å². The third-order valence-corrected chi connectivity index (χ3v) is 2.84. The van der Waals surface area contributed by atoms with Gasteiger partial charge in [-0.3, -0.25) is 10.1 Å². The SMILES string of the molecule is O=C(O)c1cccc(Oc2cc(Br)cc([N+](=O)[O-])c2)c1. The van der Waals surface area contributed by atoms with Crippen molar-refractivity contribution in [1.82, 2.24) is 0 Å². The highest BCUT2D eigenvalue weighted by Gasteiger charge is 2.11. The number of rotatable bonds is 4. The Bertz CT molecular complexity index is 686. The highest BCUT2D eigenvalue weighted by molar-refractivity contribution is 9.10. The maximum Gasteiger partial charge on any atom is 0.335 e. The zero-order valence-electron chi connectivity index (χ0n) is 9.95. The summed E-state index contributed by atoms with van der Waals surface area (Å²) in [6.07, 6.45) is 0. The van der Waals surface area contributed by atoms with Crippen molar-refractivity contribution >= 4 is 27.6 Å². The van der Waals surface area contributed by atoms with E-state index in [0.29, 0.717) is 4.47 Å². The van der Waals surface area contributed by atoms with Crippen LogP contribution in [0.4, 0.5) is 5.69 Å². The minimum atomic E-state index is -1.07. The Balaban J connectivity index is 2.32. The normalized spacial score (nSPS) is 10.1. The molecule has 0 aliphatic heterocycles. The summed E-state index contributed by atoms with van der Waals surface area (Å²) in [4.78, 5) is 21.1. The average Bonchev–Trinajstić information content (AvgIpc) is 2.38. The summed E-state index contributed by atoms with van der Waals surface area (Å²) in [6, 6.07) is 10.0. The van der Waals surface area contributed by atoms with Crippen LogP contribution >= 0.6 is 15.9 Å². The first-order chi connectivity index (χ1) is 9.45. The number of carboxylic acids is 1. The molecule has 0 heterocycles. The summed E-state index contributed by atoms with van der Waals surface area (Å²) in [5.41, 5.74) is -0.0456. The van der Waals surface area contributed by atoms with E-state index in [4.69, 9.17) is 9.84 Å². The summed E-state index contributed by atoms with van der Waals surface area (Å²) in [6.45, 7) is 0. The van der Waals surface area contributed by atoms with Crippen molar-refractivity contribution in [3.63, 3.8) is 0 Å². The van der Waals surface area contributed by atoms with Gasteiger partial charge in [0.1, 0.15) is 11.5 Å². The van der Waals surface area contributed by atoms with Crippen molar-refractivity contribution < 1.29 is 19.6 Å². The smallest absolute Gasteiger partial charge is 0.335 e. The minimum Gasteiger partial charge on any atom is -0.478 e. The van der Waals surface area contributed by atoms with Crippen LogP contribution < -0.4 is 4.74 Å². The number of halogens is 1. The first-order valence-corrected chi connectivity index (χ1v) is 6.21. The molecule has 0 aromatic heterocycles. The van der Waals surface area contributed by atoms with Crippen LogP contribution in [0, 0.1) is 10.1 Å². The van der Waals surface area contributed by atoms with E-state index >= 15 is 0 Å². The fraction of sp³-hybridized carbons (Fsp3) is 0. The number of hydrogen-bond donors (Lipinski definition) is 1. The maximum absolute atomic E-state index is 10.9. The van der Waals surface area contributed by atoms with Gasteiger partial charge in [-0.05, 0) is 24.3 Å². The van der Waals surface area contributed by atoms with Crippen LogP contribution in [0.15, 0.2) is 46.9 Å². The van der Waals surface area contributed by atoms with Crippen LogP contribution in [0.1, 0.15) is 10.4 Å². The van der Waals surface area contributed by atoms with Crippen LogP contribution in [-0.4, -0.2) is 16.0 Å². The number of nitro benzene ring substituents is 1. The second-order valence-corrected chi connectivity index (χ2v) is 4.75. The van der Waals surface area contributed by atoms with Crippen molar-refractivity contribution in [2.24, 2.45) is 0 Å². The lowest BCUT2D eigenvalue weighted by molar-refractivity contribution is -0.385. The van der Waals surface area contributed by atoms with Crippen molar-refractivity contribution in [3.8, 4) is 11.5 Å². The van der Waals surface area contributed by atoms with E-state index in [0.717, 1.165) is 0 Å². The van der Waals surface area contributed by atoms with Crippen LogP contribution in [0.2, 0.25) is 0 Å². The van der Waals surface area contributed by atoms with Crippen LogP contribution in [0.3, 0.4) is 0 Å². The van der Waals surface area contributed by atoms with Crippen molar-refractivity contribution in [3.05, 3.63) is 62.6 Å². The molecule has 0 radical (unpaired) electrons. The summed E-state index contributed by atoms with van der Waals surface area (Å²) in [7, 11) is 0. The molecule has 0 fully saturated rings. The predicted octanol–water partition coefficient (Wildman–Crippen LogP) is 3.85. The fourth-order valence-electron chi connectivity index (χ4n) is 1.54. The molecule has 2 aromatic rings. The first-order valence-electron chi connectivity index (χ1n) is 5.42. The highest BCUT2D eigenvalue weighted by Crippen LogP contribution is 2.29. The lowest BCUT2D eigenvalue weighted by Crippen LogP contribution is -1.96. The Labute approximate surface area is 121 Å². The van der Waals surface area contributed by atoms with Crippen LogP contribution in [0.25, 0.3) is 0 Å². The van der Waals surface area contributed by atoms with E-state index in [1.54, 1.807) is 12.1 Å². The number of carbonyl (C=O) groups is 1. The minimum absolute atomic E-state index is 0.0759. The number of ether oxygens (including phenoxy) is 1. The molecule has 0 atom stereocenters. The molecule has 0 bridgehead atoms. The number of nitro groups is 1. The van der Waals surface area contributed by atoms with Gasteiger partial charge in [-0.25, -0.2) is 4.79 Å². The summed E-state index contributed by atoms with van der Waals surface area (Å²) < 4.78 is 5.94. The van der Waals surface area contributed by atoms with Gasteiger partial charge in [0.05, 0.1) is 16.6 Å². The Hall–Kier alpha value is -2.41. The summed E-state index contributed by atoms with van der Waals surface area (Å²) in [5.74, 6) is -0.540. The topological polar surface area (TPSA) is 89.7 Å². The number of non-ortho nitro benzene ring substituents is 1. The second-order valence-electron chi connectivity index (χ2n) is 3.84. The van der Waals surface area contributed by atoms with Gasteiger partial charge < -0.3 is 9.84 Å². The predicted molar refractivity (Wildman–Crippen MR) is 74.3 cm³/mol. The van der Waals surface area contributed by atoms with Crippen molar-refractivity contribution in [1.29, 1.82) is 0 Å². The fourth-order valence-corrected chi connectivity index (χ4v) is 2.00. The van der Waals surface area contributed by atoms with Crippen molar-refractivity contribution in [2.45, 2.75) is 0 Å². The Morgan fingerprint density at radius 2 is 1.95 bits per heavy atom. The van der Waals surface area contributed by atoms with E-state index in [-0.39, 0.29) is 22.7 Å². The quantitative estimate of drug-likeness (QED) is 0.676. The molecule has 0 spiro atoms. The standard InChI is InChI=1S/C13H8BrNO5/c14-9-5-10(15(18)19)7-12(6-9)20-11-3-1-2-8(4-11)13(16)17/h1-7H,(H,16,17). The van der Waals surface area contributed by atoms with Gasteiger partial charge in [-0.1, -0.05) is 22.0 Å². The molecule has 7 heteroatoms. The number of hydrogen-bond acceptors (Lipinski definition) is 4. The molecule has 6 nitrogen and oxygen atoms in total. The van der Waals surface area contributed by atoms with Gasteiger partial charge in [-0.2, -0.15) is 0 Å². The van der Waals surface area contributed by atoms with Gasteiger partial charge in [0.2, 0.25) is 0 Å². The molecule has 2 aromatic carbocycles. The van der Waals surface area contributed by atoms with Gasteiger partial charge in [-0.15, -0.1) is 0 Å². The molecule has 0 unspecified atom stereocenters. The number of aromatic carboxylic acids is 1. The van der Waals surface area contributed by atoms with Crippen LogP contribution in [-0.2, 0) is 0 Å². The zero-order chi connectivity index (χ0) is 14.7. The zero-order valence-corrected chi connectivity index (χ0v) is 11.5. The van der Waals surface area contributed by atoms with E-state index < -0.39 is 10.9 Å². The van der Waals surface area contributed by atoms with E-state index in [2.05, 4.69) is 15.9 Å². The molecule has 0 saturated carbocycles. The molecular weight excluding hydrogens is 330 g/mol. The Morgan fingerprint density at radius 3 is 2.60 bits per heavy atom. The Kier molecular flexibility index (Phi) is 3.99. The third-order valence-electron chi connectivity index (χ3n) is 2.38. The maximum atomic E-state index is 10.9. The van der Waals surface area contributed by atoms with Gasteiger partial charge in [0.15, 0.2) is 0 Å². The molecule has 20 heavy (non-hydrogen) atoms. The lowest BCUT2D eigenvalue weighted by atomic mass is 10.2. The van der Waals surface area contributed by atoms with Gasteiger partial charge in [0.25, 0.3) is 5.69 Å². The molecule has 0 saturated heterocycles. The number of carboxylic acid groups (broad SMARTS) is 1. The first kappa shape index (κ1) is 14.0. The highest BCUT2D eigenvalue weighted by atomic mass is 79.9. The molecule has 0 amide bonds. The monoisotopic (exact) mass is 337 g/mol. The van der Waals surface area contributed by atoms with E-state index in [1.165, 1.54) is 30.3 Å². The third kappa shape index (κ3) is 3.33. The molecule has 0 aliphatic rings. The summed E-state index contributed by atoms with van der Waals surface area (Å²) in [5, 5.41) is 19.6. The van der Waals surface area contributed by atoms with Gasteiger partial charge in [0, 0.05) is 10.5 Å². The molecule has 0 aliphatic carbocycles. The molecule has 1 N–H and O–H groups in total.